The molecule has 0 bridgehead atoms. The van der Waals surface area contributed by atoms with Crippen molar-refractivity contribution in [2.45, 2.75) is 44.6 Å². The molecule has 28 heavy (non-hydrogen) atoms. The van der Waals surface area contributed by atoms with Gasteiger partial charge < -0.3 is 14.8 Å². The molecule has 1 saturated heterocycles. The molecular weight excluding hydrogens is 378 g/mol. The Labute approximate surface area is 166 Å². The van der Waals surface area contributed by atoms with Crippen molar-refractivity contribution in [3.8, 4) is 0 Å². The van der Waals surface area contributed by atoms with Crippen molar-refractivity contribution >= 4 is 21.8 Å². The minimum atomic E-state index is -3.65. The molecule has 3 rings (SSSR count). The van der Waals surface area contributed by atoms with Gasteiger partial charge in [0.05, 0.1) is 0 Å². The maximum absolute atomic E-state index is 12.5. The van der Waals surface area contributed by atoms with Gasteiger partial charge in [0.25, 0.3) is 10.0 Å². The molecule has 0 aliphatic carbocycles. The minimum absolute atomic E-state index is 0.0434. The van der Waals surface area contributed by atoms with E-state index in [9.17, 15) is 8.42 Å². The fourth-order valence-electron chi connectivity index (χ4n) is 3.29. The standard InChI is InChI=1S/C18H29N7O2S/c1-13(2)17-23-16(12-24(17)4)28(26,27)20-8-7-19-18-21-14(3)11-15(22-18)25-9-5-6-10-25/h11-13,20H,5-10H2,1-4H3,(H,19,21,22). The van der Waals surface area contributed by atoms with Crippen LogP contribution in [0.3, 0.4) is 0 Å². The summed E-state index contributed by atoms with van der Waals surface area (Å²) in [7, 11) is -1.85. The maximum atomic E-state index is 12.5. The van der Waals surface area contributed by atoms with Crippen LogP contribution in [0.15, 0.2) is 17.3 Å². The molecule has 154 valence electrons. The van der Waals surface area contributed by atoms with Crippen LogP contribution in [-0.4, -0.2) is 54.1 Å². The summed E-state index contributed by atoms with van der Waals surface area (Å²) in [4.78, 5) is 15.4. The monoisotopic (exact) mass is 407 g/mol. The maximum Gasteiger partial charge on any atom is 0.259 e. The lowest BCUT2D eigenvalue weighted by Crippen LogP contribution is -2.29. The summed E-state index contributed by atoms with van der Waals surface area (Å²) in [5.41, 5.74) is 0.884. The average Bonchev–Trinajstić information content (AvgIpc) is 3.28. The van der Waals surface area contributed by atoms with Crippen LogP contribution < -0.4 is 14.9 Å². The molecule has 0 unspecified atom stereocenters. The van der Waals surface area contributed by atoms with Crippen LogP contribution in [-0.2, 0) is 17.1 Å². The fourth-order valence-corrected chi connectivity index (χ4v) is 4.32. The van der Waals surface area contributed by atoms with Crippen molar-refractivity contribution in [1.82, 2.24) is 24.2 Å². The van der Waals surface area contributed by atoms with Gasteiger partial charge in [0, 0.05) is 57.1 Å². The molecule has 9 nitrogen and oxygen atoms in total. The van der Waals surface area contributed by atoms with E-state index in [1.165, 1.54) is 19.0 Å². The van der Waals surface area contributed by atoms with E-state index in [1.54, 1.807) is 11.6 Å². The van der Waals surface area contributed by atoms with Gasteiger partial charge in [-0.2, -0.15) is 4.98 Å². The first-order valence-electron chi connectivity index (χ1n) is 9.63. The number of hydrogen-bond acceptors (Lipinski definition) is 7. The van der Waals surface area contributed by atoms with Crippen molar-refractivity contribution < 1.29 is 8.42 Å². The van der Waals surface area contributed by atoms with E-state index in [1.807, 2.05) is 26.8 Å². The van der Waals surface area contributed by atoms with E-state index < -0.39 is 10.0 Å². The lowest BCUT2D eigenvalue weighted by molar-refractivity contribution is 0.579. The zero-order valence-corrected chi connectivity index (χ0v) is 17.8. The highest BCUT2D eigenvalue weighted by molar-refractivity contribution is 7.89. The molecule has 2 aromatic rings. The number of imidazole rings is 1. The van der Waals surface area contributed by atoms with Gasteiger partial charge in [0.1, 0.15) is 11.6 Å². The number of aromatic nitrogens is 4. The molecule has 0 atom stereocenters. The fraction of sp³-hybridized carbons (Fsp3) is 0.611. The summed E-state index contributed by atoms with van der Waals surface area (Å²) in [6.07, 6.45) is 3.90. The predicted octanol–water partition coefficient (Wildman–Crippen LogP) is 1.63. The molecule has 1 aliphatic heterocycles. The lowest BCUT2D eigenvalue weighted by Gasteiger charge is -2.17. The quantitative estimate of drug-likeness (QED) is 0.641. The van der Waals surface area contributed by atoms with Gasteiger partial charge in [0.15, 0.2) is 5.03 Å². The molecule has 0 saturated carbocycles. The topological polar surface area (TPSA) is 105 Å². The molecule has 0 radical (unpaired) electrons. The van der Waals surface area contributed by atoms with Crippen LogP contribution in [0, 0.1) is 6.92 Å². The van der Waals surface area contributed by atoms with Crippen LogP contribution in [0.5, 0.6) is 0 Å². The van der Waals surface area contributed by atoms with Crippen LogP contribution in [0.2, 0.25) is 0 Å². The van der Waals surface area contributed by atoms with Crippen LogP contribution in [0.1, 0.15) is 44.1 Å². The summed E-state index contributed by atoms with van der Waals surface area (Å²) < 4.78 is 29.2. The van der Waals surface area contributed by atoms with E-state index in [2.05, 4.69) is 29.9 Å². The van der Waals surface area contributed by atoms with Crippen molar-refractivity contribution in [3.05, 3.63) is 23.8 Å². The third-order valence-electron chi connectivity index (χ3n) is 4.65. The first-order valence-corrected chi connectivity index (χ1v) is 11.1. The Morgan fingerprint density at radius 3 is 2.50 bits per heavy atom. The molecule has 2 N–H and O–H groups in total. The first-order chi connectivity index (χ1) is 13.3. The molecule has 0 spiro atoms. The second-order valence-corrected chi connectivity index (χ2v) is 9.13. The summed E-state index contributed by atoms with van der Waals surface area (Å²) >= 11 is 0. The van der Waals surface area contributed by atoms with Gasteiger partial charge in [-0.15, -0.1) is 0 Å². The Balaban J connectivity index is 1.57. The van der Waals surface area contributed by atoms with E-state index >= 15 is 0 Å². The van der Waals surface area contributed by atoms with Gasteiger partial charge >= 0.3 is 0 Å². The molecule has 3 heterocycles. The highest BCUT2D eigenvalue weighted by Gasteiger charge is 2.20. The minimum Gasteiger partial charge on any atom is -0.356 e. The summed E-state index contributed by atoms with van der Waals surface area (Å²) in [6, 6.07) is 1.98. The van der Waals surface area contributed by atoms with Gasteiger partial charge in [-0.1, -0.05) is 13.8 Å². The molecule has 1 fully saturated rings. The molecule has 1 aliphatic rings. The summed E-state index contributed by atoms with van der Waals surface area (Å²) in [5, 5.41) is 3.15. The number of rotatable bonds is 8. The summed E-state index contributed by atoms with van der Waals surface area (Å²) in [5.74, 6) is 2.32. The Bertz CT molecular complexity index is 918. The number of sulfonamides is 1. The van der Waals surface area contributed by atoms with E-state index in [0.717, 1.165) is 30.4 Å². The van der Waals surface area contributed by atoms with Gasteiger partial charge in [-0.05, 0) is 19.8 Å². The Hall–Kier alpha value is -2.20. The van der Waals surface area contributed by atoms with Gasteiger partial charge in [0.2, 0.25) is 5.95 Å². The van der Waals surface area contributed by atoms with Gasteiger partial charge in [-0.25, -0.2) is 23.1 Å². The molecule has 0 amide bonds. The zero-order valence-electron chi connectivity index (χ0n) is 16.9. The van der Waals surface area contributed by atoms with Crippen LogP contribution >= 0.6 is 0 Å². The summed E-state index contributed by atoms with van der Waals surface area (Å²) in [6.45, 7) is 8.51. The largest absolute Gasteiger partial charge is 0.356 e. The van der Waals surface area contributed by atoms with E-state index in [-0.39, 0.29) is 17.5 Å². The van der Waals surface area contributed by atoms with Gasteiger partial charge in [-0.3, -0.25) is 0 Å². The van der Waals surface area contributed by atoms with Crippen LogP contribution in [0.25, 0.3) is 0 Å². The highest BCUT2D eigenvalue weighted by Crippen LogP contribution is 2.20. The lowest BCUT2D eigenvalue weighted by atomic mass is 10.2. The number of nitrogens with zero attached hydrogens (tertiary/aromatic N) is 5. The number of hydrogen-bond donors (Lipinski definition) is 2. The normalized spacial score (nSPS) is 14.8. The zero-order chi connectivity index (χ0) is 20.3. The Morgan fingerprint density at radius 2 is 1.86 bits per heavy atom. The van der Waals surface area contributed by atoms with E-state index in [0.29, 0.717) is 12.5 Å². The highest BCUT2D eigenvalue weighted by atomic mass is 32.2. The third-order valence-corrected chi connectivity index (χ3v) is 5.98. The molecule has 0 aromatic carbocycles. The second-order valence-electron chi connectivity index (χ2n) is 7.41. The second kappa shape index (κ2) is 8.44. The Morgan fingerprint density at radius 1 is 1.14 bits per heavy atom. The van der Waals surface area contributed by atoms with E-state index in [4.69, 9.17) is 0 Å². The number of aryl methyl sites for hydroxylation is 2. The smallest absolute Gasteiger partial charge is 0.259 e. The molecule has 10 heteroatoms. The molecule has 2 aromatic heterocycles. The predicted molar refractivity (Wildman–Crippen MR) is 109 cm³/mol. The number of nitrogens with one attached hydrogen (secondary N) is 2. The van der Waals surface area contributed by atoms with Crippen molar-refractivity contribution in [2.24, 2.45) is 7.05 Å². The van der Waals surface area contributed by atoms with Crippen molar-refractivity contribution in [2.75, 3.05) is 36.4 Å². The van der Waals surface area contributed by atoms with Crippen LogP contribution in [0.4, 0.5) is 11.8 Å². The number of anilines is 2. The molecular formula is C18H29N7O2S. The van der Waals surface area contributed by atoms with Crippen molar-refractivity contribution in [3.63, 3.8) is 0 Å². The Kier molecular flexibility index (Phi) is 6.19. The SMILES string of the molecule is Cc1cc(N2CCCC2)nc(NCCNS(=O)(=O)c2cn(C)c(C(C)C)n2)n1. The average molecular weight is 408 g/mol. The third kappa shape index (κ3) is 4.79. The van der Waals surface area contributed by atoms with Crippen molar-refractivity contribution in [1.29, 1.82) is 0 Å². The first kappa shape index (κ1) is 20.5.